The zero-order valence-corrected chi connectivity index (χ0v) is 8.83. The average Bonchev–Trinajstić information content (AvgIpc) is 2.79. The molecule has 0 aliphatic heterocycles. The van der Waals surface area contributed by atoms with E-state index in [1.165, 1.54) is 0 Å². The summed E-state index contributed by atoms with van der Waals surface area (Å²) in [5, 5.41) is 3.82. The number of hydrogen-bond acceptors (Lipinski definition) is 6. The van der Waals surface area contributed by atoms with Gasteiger partial charge >= 0.3 is 0 Å². The van der Waals surface area contributed by atoms with Crippen molar-refractivity contribution in [1.29, 1.82) is 0 Å². The Kier molecular flexibility index (Phi) is 3.55. The Morgan fingerprint density at radius 3 is 2.69 bits per heavy atom. The maximum atomic E-state index is 5.40. The van der Waals surface area contributed by atoms with Gasteiger partial charge in [-0.05, 0) is 25.5 Å². The lowest BCUT2D eigenvalue weighted by atomic mass is 10.2. The van der Waals surface area contributed by atoms with Gasteiger partial charge in [-0.2, -0.15) is 4.98 Å². The molecule has 2 N–H and O–H groups in total. The zero-order chi connectivity index (χ0) is 11.2. The van der Waals surface area contributed by atoms with Crippen LogP contribution in [0.2, 0.25) is 0 Å². The second kappa shape index (κ2) is 5.32. The van der Waals surface area contributed by atoms with Crippen molar-refractivity contribution >= 4 is 0 Å². The van der Waals surface area contributed by atoms with Crippen LogP contribution in [0.4, 0.5) is 0 Å². The van der Waals surface area contributed by atoms with Crippen LogP contribution >= 0.6 is 0 Å². The van der Waals surface area contributed by atoms with E-state index >= 15 is 0 Å². The van der Waals surface area contributed by atoms with Crippen LogP contribution in [0.5, 0.6) is 0 Å². The van der Waals surface area contributed by atoms with Gasteiger partial charge in [-0.15, -0.1) is 0 Å². The van der Waals surface area contributed by atoms with Gasteiger partial charge in [0.05, 0.1) is 0 Å². The van der Waals surface area contributed by atoms with Crippen molar-refractivity contribution in [3.8, 4) is 11.6 Å². The van der Waals surface area contributed by atoms with Gasteiger partial charge in [0.15, 0.2) is 0 Å². The number of rotatable bonds is 5. The molecule has 0 aliphatic rings. The molecule has 2 heterocycles. The Labute approximate surface area is 92.9 Å². The lowest BCUT2D eigenvalue weighted by Gasteiger charge is -1.91. The summed E-state index contributed by atoms with van der Waals surface area (Å²) >= 11 is 0. The summed E-state index contributed by atoms with van der Waals surface area (Å²) in [7, 11) is 0. The number of aryl methyl sites for hydroxylation is 1. The molecule has 0 radical (unpaired) electrons. The van der Waals surface area contributed by atoms with Crippen molar-refractivity contribution in [1.82, 2.24) is 20.1 Å². The van der Waals surface area contributed by atoms with E-state index in [0.717, 1.165) is 19.3 Å². The minimum Gasteiger partial charge on any atom is -0.339 e. The average molecular weight is 219 g/mol. The smallest absolute Gasteiger partial charge is 0.240 e. The van der Waals surface area contributed by atoms with E-state index in [0.29, 0.717) is 24.1 Å². The van der Waals surface area contributed by atoms with E-state index in [1.807, 2.05) is 0 Å². The number of hydrogen-bond donors (Lipinski definition) is 1. The molecule has 0 atom stereocenters. The summed E-state index contributed by atoms with van der Waals surface area (Å²) in [5.41, 5.74) is 5.40. The first-order valence-electron chi connectivity index (χ1n) is 5.20. The molecule has 0 unspecified atom stereocenters. The van der Waals surface area contributed by atoms with Crippen LogP contribution < -0.4 is 5.73 Å². The summed E-state index contributed by atoms with van der Waals surface area (Å²) in [6.07, 6.45) is 5.95. The standard InChI is InChI=1S/C10H13N5O/c11-5-2-1-4-8-14-10(15-16-8)9-12-6-3-7-13-9/h3,6-7H,1-2,4-5,11H2. The van der Waals surface area contributed by atoms with Crippen LogP contribution in [0.25, 0.3) is 11.6 Å². The summed E-state index contributed by atoms with van der Waals surface area (Å²) in [6.45, 7) is 0.683. The van der Waals surface area contributed by atoms with Gasteiger partial charge in [0.1, 0.15) is 0 Å². The minimum atomic E-state index is 0.434. The highest BCUT2D eigenvalue weighted by Crippen LogP contribution is 2.10. The van der Waals surface area contributed by atoms with E-state index < -0.39 is 0 Å². The van der Waals surface area contributed by atoms with Gasteiger partial charge in [-0.3, -0.25) is 0 Å². The number of nitrogens with two attached hydrogens (primary N) is 1. The van der Waals surface area contributed by atoms with E-state index in [9.17, 15) is 0 Å². The van der Waals surface area contributed by atoms with Gasteiger partial charge in [0.2, 0.25) is 17.5 Å². The summed E-state index contributed by atoms with van der Waals surface area (Å²) in [5.74, 6) is 1.52. The maximum absolute atomic E-state index is 5.40. The molecule has 16 heavy (non-hydrogen) atoms. The second-order valence-electron chi connectivity index (χ2n) is 3.33. The Morgan fingerprint density at radius 2 is 1.94 bits per heavy atom. The zero-order valence-electron chi connectivity index (χ0n) is 8.83. The first-order valence-corrected chi connectivity index (χ1v) is 5.20. The Hall–Kier alpha value is -1.82. The fourth-order valence-electron chi connectivity index (χ4n) is 1.28. The molecule has 0 saturated heterocycles. The summed E-state index contributed by atoms with van der Waals surface area (Å²) < 4.78 is 5.08. The highest BCUT2D eigenvalue weighted by atomic mass is 16.5. The molecule has 6 nitrogen and oxygen atoms in total. The highest BCUT2D eigenvalue weighted by Gasteiger charge is 2.09. The van der Waals surface area contributed by atoms with Gasteiger partial charge in [0.25, 0.3) is 0 Å². The largest absolute Gasteiger partial charge is 0.339 e. The summed E-state index contributed by atoms with van der Waals surface area (Å²) in [4.78, 5) is 12.3. The van der Waals surface area contributed by atoms with Gasteiger partial charge in [-0.1, -0.05) is 5.16 Å². The van der Waals surface area contributed by atoms with Crippen LogP contribution in [-0.2, 0) is 6.42 Å². The first kappa shape index (κ1) is 10.7. The SMILES string of the molecule is NCCCCc1nc(-c2ncccn2)no1. The molecule has 0 saturated carbocycles. The van der Waals surface area contributed by atoms with Crippen molar-refractivity contribution < 1.29 is 4.52 Å². The van der Waals surface area contributed by atoms with Gasteiger partial charge in [-0.25, -0.2) is 9.97 Å². The molecule has 0 aliphatic carbocycles. The Bertz CT molecular complexity index is 428. The molecular weight excluding hydrogens is 206 g/mol. The molecule has 2 aromatic heterocycles. The monoisotopic (exact) mass is 219 g/mol. The normalized spacial score (nSPS) is 10.6. The minimum absolute atomic E-state index is 0.434. The fraction of sp³-hybridized carbons (Fsp3) is 0.400. The number of aromatic nitrogens is 4. The molecule has 84 valence electrons. The fourth-order valence-corrected chi connectivity index (χ4v) is 1.28. The molecule has 0 bridgehead atoms. The molecule has 0 aromatic carbocycles. The van der Waals surface area contributed by atoms with E-state index in [4.69, 9.17) is 10.3 Å². The van der Waals surface area contributed by atoms with Crippen molar-refractivity contribution in [3.63, 3.8) is 0 Å². The number of unbranched alkanes of at least 4 members (excludes halogenated alkanes) is 1. The van der Waals surface area contributed by atoms with Crippen molar-refractivity contribution in [2.24, 2.45) is 5.73 Å². The Balaban J connectivity index is 2.02. The van der Waals surface area contributed by atoms with Crippen LogP contribution in [-0.4, -0.2) is 26.7 Å². The van der Waals surface area contributed by atoms with Crippen molar-refractivity contribution in [3.05, 3.63) is 24.4 Å². The number of nitrogens with zero attached hydrogens (tertiary/aromatic N) is 4. The maximum Gasteiger partial charge on any atom is 0.240 e. The lowest BCUT2D eigenvalue weighted by Crippen LogP contribution is -1.99. The lowest BCUT2D eigenvalue weighted by molar-refractivity contribution is 0.375. The van der Waals surface area contributed by atoms with Crippen LogP contribution in [0.3, 0.4) is 0 Å². The molecule has 0 fully saturated rings. The van der Waals surface area contributed by atoms with Gasteiger partial charge < -0.3 is 10.3 Å². The third kappa shape index (κ3) is 2.60. The Morgan fingerprint density at radius 1 is 1.12 bits per heavy atom. The quantitative estimate of drug-likeness (QED) is 0.748. The molecular formula is C10H13N5O. The predicted octanol–water partition coefficient (Wildman–Crippen LogP) is 0.808. The molecule has 2 rings (SSSR count). The first-order chi connectivity index (χ1) is 7.90. The van der Waals surface area contributed by atoms with Crippen molar-refractivity contribution in [2.45, 2.75) is 19.3 Å². The molecule has 2 aromatic rings. The highest BCUT2D eigenvalue weighted by molar-refractivity contribution is 5.40. The third-order valence-electron chi connectivity index (χ3n) is 2.08. The van der Waals surface area contributed by atoms with Crippen LogP contribution in [0.1, 0.15) is 18.7 Å². The third-order valence-corrected chi connectivity index (χ3v) is 2.08. The molecule has 0 spiro atoms. The predicted molar refractivity (Wildman–Crippen MR) is 57.3 cm³/mol. The van der Waals surface area contributed by atoms with Crippen molar-refractivity contribution in [2.75, 3.05) is 6.54 Å². The van der Waals surface area contributed by atoms with Crippen LogP contribution in [0.15, 0.2) is 23.0 Å². The second-order valence-corrected chi connectivity index (χ2v) is 3.33. The molecule has 0 amide bonds. The van der Waals surface area contributed by atoms with E-state index in [1.54, 1.807) is 18.5 Å². The van der Waals surface area contributed by atoms with E-state index in [2.05, 4.69) is 20.1 Å². The summed E-state index contributed by atoms with van der Waals surface area (Å²) in [6, 6.07) is 1.74. The topological polar surface area (TPSA) is 90.7 Å². The van der Waals surface area contributed by atoms with Crippen LogP contribution in [0, 0.1) is 0 Å². The van der Waals surface area contributed by atoms with E-state index in [-0.39, 0.29) is 0 Å². The van der Waals surface area contributed by atoms with Gasteiger partial charge in [0, 0.05) is 18.8 Å². The molecule has 6 heteroatoms.